The van der Waals surface area contributed by atoms with Crippen LogP contribution in [-0.4, -0.2) is 41.8 Å². The summed E-state index contributed by atoms with van der Waals surface area (Å²) in [4.78, 5) is 40.6. The molecule has 0 saturated heterocycles. The van der Waals surface area contributed by atoms with E-state index in [9.17, 15) is 14.4 Å². The Hall–Kier alpha value is -1.93. The lowest BCUT2D eigenvalue weighted by Gasteiger charge is -2.26. The van der Waals surface area contributed by atoms with Gasteiger partial charge >= 0.3 is 5.97 Å². The van der Waals surface area contributed by atoms with Crippen molar-refractivity contribution >= 4 is 53.0 Å². The van der Waals surface area contributed by atoms with Gasteiger partial charge in [-0.25, -0.2) is 0 Å². The van der Waals surface area contributed by atoms with Gasteiger partial charge in [0.25, 0.3) is 0 Å². The number of hydrogen-bond donors (Lipinski definition) is 1. The minimum atomic E-state index is -0.485. The summed E-state index contributed by atoms with van der Waals surface area (Å²) >= 11 is 7.38. The van der Waals surface area contributed by atoms with Crippen LogP contribution < -0.4 is 5.73 Å². The van der Waals surface area contributed by atoms with Gasteiger partial charge in [-0.3, -0.25) is 19.3 Å². The lowest BCUT2D eigenvalue weighted by Crippen LogP contribution is -2.33. The van der Waals surface area contributed by atoms with Crippen molar-refractivity contribution in [1.29, 1.82) is 0 Å². The largest absolute Gasteiger partial charge is 0.463 e. The second-order valence-corrected chi connectivity index (χ2v) is 9.63. The van der Waals surface area contributed by atoms with E-state index >= 15 is 0 Å². The highest BCUT2D eigenvalue weighted by atomic mass is 35.5. The molecule has 0 unspecified atom stereocenters. The van der Waals surface area contributed by atoms with E-state index in [-0.39, 0.29) is 43.1 Å². The summed E-state index contributed by atoms with van der Waals surface area (Å²) in [7, 11) is 0. The summed E-state index contributed by atoms with van der Waals surface area (Å²) in [5, 5.41) is 0.625. The van der Waals surface area contributed by atoms with Crippen LogP contribution >= 0.6 is 35.3 Å². The van der Waals surface area contributed by atoms with Crippen molar-refractivity contribution in [3.63, 3.8) is 0 Å². The molecule has 32 heavy (non-hydrogen) atoms. The van der Waals surface area contributed by atoms with E-state index in [0.717, 1.165) is 27.4 Å². The van der Waals surface area contributed by atoms with Crippen LogP contribution in [0, 0.1) is 0 Å². The van der Waals surface area contributed by atoms with E-state index in [1.807, 2.05) is 26.0 Å². The minimum absolute atomic E-state index is 0. The molecular weight excluding hydrogens is 471 g/mol. The smallest absolute Gasteiger partial charge is 0.307 e. The third-order valence-electron chi connectivity index (χ3n) is 5.13. The van der Waals surface area contributed by atoms with Gasteiger partial charge in [0.05, 0.1) is 18.1 Å². The molecule has 1 aromatic heterocycles. The highest BCUT2D eigenvalue weighted by molar-refractivity contribution is 7.12. The first-order valence-electron chi connectivity index (χ1n) is 10.3. The predicted octanol–water partition coefficient (Wildman–Crippen LogP) is 3.98. The number of halogens is 2. The number of ether oxygens (including phenoxy) is 1. The monoisotopic (exact) mass is 498 g/mol. The van der Waals surface area contributed by atoms with E-state index in [1.54, 1.807) is 12.1 Å². The fourth-order valence-corrected chi connectivity index (χ4v) is 5.31. The highest BCUT2D eigenvalue weighted by Gasteiger charge is 2.28. The Morgan fingerprint density at radius 3 is 2.50 bits per heavy atom. The molecule has 0 spiro atoms. The maximum Gasteiger partial charge on any atom is 0.307 e. The minimum Gasteiger partial charge on any atom is -0.463 e. The van der Waals surface area contributed by atoms with Crippen molar-refractivity contribution in [2.24, 2.45) is 5.73 Å². The topological polar surface area (TPSA) is 89.7 Å². The average molecular weight is 499 g/mol. The van der Waals surface area contributed by atoms with Crippen LogP contribution in [0.4, 0.5) is 0 Å². The molecule has 1 aliphatic heterocycles. The zero-order chi connectivity index (χ0) is 22.5. The molecule has 2 N–H and O–H groups in total. The first-order valence-corrected chi connectivity index (χ1v) is 11.5. The van der Waals surface area contributed by atoms with E-state index in [2.05, 4.69) is 4.90 Å². The van der Waals surface area contributed by atoms with Gasteiger partial charge in [-0.2, -0.15) is 0 Å². The zero-order valence-corrected chi connectivity index (χ0v) is 20.6. The van der Waals surface area contributed by atoms with Gasteiger partial charge in [-0.1, -0.05) is 23.7 Å². The Kier molecular flexibility index (Phi) is 9.70. The number of thiophene rings is 1. The number of fused-ring (bicyclic) bond motifs is 1. The lowest BCUT2D eigenvalue weighted by atomic mass is 9.98. The first kappa shape index (κ1) is 26.3. The number of Topliss-reactive ketones (excluding diaryl/α,β-unsaturated/α-hetero) is 1. The second kappa shape index (κ2) is 11.8. The fraction of sp³-hybridized carbons (Fsp3) is 0.435. The zero-order valence-electron chi connectivity index (χ0n) is 18.2. The van der Waals surface area contributed by atoms with Crippen molar-refractivity contribution in [3.8, 4) is 0 Å². The number of ketones is 1. The molecule has 1 aromatic carbocycles. The summed E-state index contributed by atoms with van der Waals surface area (Å²) < 4.78 is 5.20. The van der Waals surface area contributed by atoms with Crippen LogP contribution in [0.3, 0.4) is 0 Å². The van der Waals surface area contributed by atoms with Gasteiger partial charge in [-0.15, -0.1) is 23.7 Å². The molecule has 1 aliphatic rings. The van der Waals surface area contributed by atoms with E-state index in [4.69, 9.17) is 22.1 Å². The lowest BCUT2D eigenvalue weighted by molar-refractivity contribution is -0.147. The van der Waals surface area contributed by atoms with Crippen molar-refractivity contribution < 1.29 is 19.1 Å². The molecule has 0 bridgehead atoms. The van der Waals surface area contributed by atoms with Crippen LogP contribution in [0.15, 0.2) is 24.3 Å². The standard InChI is InChI=1S/C23H27ClN2O4S.ClH/c1-14(2)30-21(28)8-10-26-9-7-18-20(13-26)31-19(22(18)23(25)29)12-17(27)11-15-3-5-16(24)6-4-15;/h3-6,14H,7-13H2,1-2H3,(H2,25,29);1H. The normalized spacial score (nSPS) is 13.4. The SMILES string of the molecule is CC(C)OC(=O)CCN1CCc2c(sc(CC(=O)Cc3ccc(Cl)cc3)c2C(N)=O)C1.Cl. The third kappa shape index (κ3) is 7.04. The van der Waals surface area contributed by atoms with Gasteiger partial charge in [-0.05, 0) is 43.5 Å². The molecule has 0 fully saturated rings. The number of carbonyl (C=O) groups is 3. The Morgan fingerprint density at radius 2 is 1.88 bits per heavy atom. The van der Waals surface area contributed by atoms with Crippen molar-refractivity contribution in [2.75, 3.05) is 13.1 Å². The Bertz CT molecular complexity index is 973. The van der Waals surface area contributed by atoms with Crippen LogP contribution in [-0.2, 0) is 40.1 Å². The van der Waals surface area contributed by atoms with Crippen molar-refractivity contribution in [2.45, 2.75) is 52.2 Å². The molecule has 174 valence electrons. The van der Waals surface area contributed by atoms with Gasteiger partial charge in [0.15, 0.2) is 0 Å². The maximum absolute atomic E-state index is 12.6. The number of hydrogen-bond acceptors (Lipinski definition) is 6. The summed E-state index contributed by atoms with van der Waals surface area (Å²) in [6.07, 6.45) is 1.34. The van der Waals surface area contributed by atoms with Crippen LogP contribution in [0.5, 0.6) is 0 Å². The molecular formula is C23H28Cl2N2O4S. The van der Waals surface area contributed by atoms with E-state index < -0.39 is 5.91 Å². The number of nitrogens with two attached hydrogens (primary N) is 1. The maximum atomic E-state index is 12.6. The number of rotatable bonds is 9. The van der Waals surface area contributed by atoms with Gasteiger partial charge in [0.2, 0.25) is 5.91 Å². The summed E-state index contributed by atoms with van der Waals surface area (Å²) in [6, 6.07) is 7.18. The average Bonchev–Trinajstić information content (AvgIpc) is 3.04. The van der Waals surface area contributed by atoms with Gasteiger partial charge < -0.3 is 10.5 Å². The molecule has 6 nitrogen and oxygen atoms in total. The van der Waals surface area contributed by atoms with Crippen LogP contribution in [0.1, 0.15) is 51.5 Å². The van der Waals surface area contributed by atoms with Gasteiger partial charge in [0.1, 0.15) is 5.78 Å². The highest BCUT2D eigenvalue weighted by Crippen LogP contribution is 2.34. The molecule has 2 aromatic rings. The molecule has 1 amide bonds. The summed E-state index contributed by atoms with van der Waals surface area (Å²) in [5.74, 6) is -0.671. The molecule has 3 rings (SSSR count). The Labute approximate surface area is 203 Å². The van der Waals surface area contributed by atoms with Crippen molar-refractivity contribution in [3.05, 3.63) is 55.7 Å². The Balaban J connectivity index is 0.00000363. The summed E-state index contributed by atoms with van der Waals surface area (Å²) in [6.45, 7) is 5.63. The van der Waals surface area contributed by atoms with E-state index in [1.165, 1.54) is 11.3 Å². The quantitative estimate of drug-likeness (QED) is 0.528. The molecule has 2 heterocycles. The van der Waals surface area contributed by atoms with Crippen LogP contribution in [0.2, 0.25) is 5.02 Å². The molecule has 0 atom stereocenters. The van der Waals surface area contributed by atoms with Crippen LogP contribution in [0.25, 0.3) is 0 Å². The predicted molar refractivity (Wildman–Crippen MR) is 129 cm³/mol. The van der Waals surface area contributed by atoms with Gasteiger partial charge in [0, 0.05) is 47.3 Å². The first-order chi connectivity index (χ1) is 14.7. The number of amides is 1. The molecule has 0 radical (unpaired) electrons. The van der Waals surface area contributed by atoms with E-state index in [0.29, 0.717) is 36.5 Å². The number of benzene rings is 1. The molecule has 0 saturated carbocycles. The number of primary amides is 1. The third-order valence-corrected chi connectivity index (χ3v) is 6.60. The summed E-state index contributed by atoms with van der Waals surface area (Å²) in [5.41, 5.74) is 8.01. The molecule has 9 heteroatoms. The Morgan fingerprint density at radius 1 is 1.19 bits per heavy atom. The number of carbonyl (C=O) groups excluding carboxylic acids is 3. The molecule has 0 aliphatic carbocycles. The number of esters is 1. The fourth-order valence-electron chi connectivity index (χ4n) is 3.76. The number of nitrogens with zero attached hydrogens (tertiary/aromatic N) is 1. The second-order valence-electron chi connectivity index (χ2n) is 8.00. The van der Waals surface area contributed by atoms with Crippen molar-refractivity contribution in [1.82, 2.24) is 4.90 Å².